The number of hydrogen-bond donors (Lipinski definition) is 1. The first-order valence-electron chi connectivity index (χ1n) is 11.0. The van der Waals surface area contributed by atoms with Crippen LogP contribution in [-0.4, -0.2) is 52.8 Å². The number of para-hydroxylation sites is 1. The number of fused-ring (bicyclic) bond motifs is 2. The molecule has 2 atom stereocenters. The summed E-state index contributed by atoms with van der Waals surface area (Å²) in [6, 6.07) is 11.6. The average Bonchev–Trinajstić information content (AvgIpc) is 3.25. The summed E-state index contributed by atoms with van der Waals surface area (Å²) in [4.78, 5) is 41.8. The van der Waals surface area contributed by atoms with Crippen LogP contribution in [-0.2, 0) is 16.1 Å². The number of benzene rings is 2. The van der Waals surface area contributed by atoms with E-state index in [0.717, 1.165) is 16.8 Å². The lowest BCUT2D eigenvalue weighted by Gasteiger charge is -2.33. The first kappa shape index (κ1) is 23.2. The Balaban J connectivity index is 1.50. The number of carbonyl (C=O) groups is 3. The molecule has 0 aliphatic carbocycles. The van der Waals surface area contributed by atoms with Crippen molar-refractivity contribution in [2.24, 2.45) is 0 Å². The Morgan fingerprint density at radius 1 is 1.27 bits per heavy atom. The predicted molar refractivity (Wildman–Crippen MR) is 125 cm³/mol. The van der Waals surface area contributed by atoms with Crippen molar-refractivity contribution >= 4 is 35.0 Å². The minimum atomic E-state index is -1.65. The van der Waals surface area contributed by atoms with Crippen molar-refractivity contribution in [3.05, 3.63) is 64.2 Å². The van der Waals surface area contributed by atoms with Gasteiger partial charge in [-0.1, -0.05) is 35.9 Å². The molecule has 2 aliphatic rings. The number of hydrogen-bond acceptors (Lipinski definition) is 3. The summed E-state index contributed by atoms with van der Waals surface area (Å²) in [5.41, 5.74) is 1.25. The van der Waals surface area contributed by atoms with Gasteiger partial charge < -0.3 is 15.1 Å². The Hall–Kier alpha value is -2.93. The van der Waals surface area contributed by atoms with Crippen LogP contribution in [0.25, 0.3) is 0 Å². The maximum absolute atomic E-state index is 14.7. The van der Waals surface area contributed by atoms with Crippen LogP contribution in [0.1, 0.15) is 54.1 Å². The Morgan fingerprint density at radius 3 is 2.73 bits per heavy atom. The van der Waals surface area contributed by atoms with Crippen molar-refractivity contribution in [1.82, 2.24) is 9.80 Å². The van der Waals surface area contributed by atoms with Gasteiger partial charge in [0.05, 0.1) is 5.92 Å². The molecule has 0 unspecified atom stereocenters. The molecule has 3 amide bonds. The summed E-state index contributed by atoms with van der Waals surface area (Å²) >= 11 is 6.05. The smallest absolute Gasteiger partial charge is 0.255 e. The summed E-state index contributed by atoms with van der Waals surface area (Å²) in [7, 11) is 1.63. The molecule has 4 rings (SSSR count). The number of nitrogens with one attached hydrogen (secondary N) is 1. The minimum absolute atomic E-state index is 0.0967. The van der Waals surface area contributed by atoms with Gasteiger partial charge in [0.1, 0.15) is 11.7 Å². The molecular formula is C25H27ClFN3O3. The van der Waals surface area contributed by atoms with E-state index in [-0.39, 0.29) is 36.6 Å². The van der Waals surface area contributed by atoms with Crippen molar-refractivity contribution in [3.8, 4) is 0 Å². The monoisotopic (exact) mass is 471 g/mol. The van der Waals surface area contributed by atoms with Gasteiger partial charge in [0.2, 0.25) is 11.8 Å². The zero-order chi connectivity index (χ0) is 23.9. The summed E-state index contributed by atoms with van der Waals surface area (Å²) < 4.78 is 14.7. The number of rotatable bonds is 7. The van der Waals surface area contributed by atoms with Crippen molar-refractivity contribution in [2.75, 3.05) is 18.9 Å². The Bertz CT molecular complexity index is 1110. The number of amides is 3. The van der Waals surface area contributed by atoms with Crippen molar-refractivity contribution in [1.29, 1.82) is 0 Å². The van der Waals surface area contributed by atoms with Gasteiger partial charge in [-0.25, -0.2) is 4.39 Å². The maximum atomic E-state index is 14.7. The lowest BCUT2D eigenvalue weighted by molar-refractivity contribution is -0.136. The molecule has 2 aromatic rings. The molecule has 0 spiro atoms. The van der Waals surface area contributed by atoms with Crippen molar-refractivity contribution in [2.45, 2.75) is 50.9 Å². The number of halogens is 2. The van der Waals surface area contributed by atoms with Crippen LogP contribution in [0.5, 0.6) is 0 Å². The van der Waals surface area contributed by atoms with E-state index in [9.17, 15) is 18.8 Å². The number of carbonyl (C=O) groups excluding carboxylic acids is 3. The molecule has 1 N–H and O–H groups in total. The minimum Gasteiger partial charge on any atom is -0.344 e. The predicted octanol–water partition coefficient (Wildman–Crippen LogP) is 4.39. The van der Waals surface area contributed by atoms with E-state index in [1.807, 2.05) is 24.3 Å². The van der Waals surface area contributed by atoms with Gasteiger partial charge in [0.25, 0.3) is 5.91 Å². The second-order valence-electron chi connectivity index (χ2n) is 9.35. The van der Waals surface area contributed by atoms with E-state index in [4.69, 9.17) is 11.6 Å². The molecule has 0 aromatic heterocycles. The zero-order valence-electron chi connectivity index (χ0n) is 18.9. The zero-order valence-corrected chi connectivity index (χ0v) is 19.7. The molecule has 2 heterocycles. The van der Waals surface area contributed by atoms with Gasteiger partial charge in [0, 0.05) is 42.8 Å². The second-order valence-corrected chi connectivity index (χ2v) is 9.79. The van der Waals surface area contributed by atoms with E-state index >= 15 is 0 Å². The number of alkyl halides is 1. The summed E-state index contributed by atoms with van der Waals surface area (Å²) in [6.45, 7) is 3.33. The summed E-state index contributed by atoms with van der Waals surface area (Å²) in [5.74, 6) is -1.12. The van der Waals surface area contributed by atoms with Gasteiger partial charge in [0.15, 0.2) is 0 Å². The lowest BCUT2D eigenvalue weighted by Crippen LogP contribution is -2.50. The standard InChI is InChI=1S/C25H27ClFN3O3/c1-25(2,27)13-21(30-14-15-8-9-16(26)12-19(15)23(30)32)24(33)29(3)11-10-18-17-6-4-5-7-20(17)28-22(18)31/h4-9,12,18,21H,10-11,13-14H2,1-3H3,(H,28,31)/t18-,21+/m1/s1. The van der Waals surface area contributed by atoms with Crippen molar-refractivity contribution in [3.63, 3.8) is 0 Å². The molecular weight excluding hydrogens is 445 g/mol. The van der Waals surface area contributed by atoms with E-state index in [1.54, 1.807) is 25.2 Å². The number of anilines is 1. The maximum Gasteiger partial charge on any atom is 0.255 e. The normalized spacial score (nSPS) is 18.1. The topological polar surface area (TPSA) is 69.7 Å². The first-order chi connectivity index (χ1) is 15.5. The van der Waals surface area contributed by atoms with Crippen LogP contribution >= 0.6 is 11.6 Å². The molecule has 0 fully saturated rings. The van der Waals surface area contributed by atoms with E-state index < -0.39 is 11.7 Å². The van der Waals surface area contributed by atoms with E-state index in [1.165, 1.54) is 23.6 Å². The third kappa shape index (κ3) is 4.74. The van der Waals surface area contributed by atoms with Crippen LogP contribution in [0.3, 0.4) is 0 Å². The van der Waals surface area contributed by atoms with Gasteiger partial charge in [-0.15, -0.1) is 0 Å². The molecule has 2 aliphatic heterocycles. The van der Waals surface area contributed by atoms with Crippen LogP contribution in [0, 0.1) is 0 Å². The number of nitrogens with zero attached hydrogens (tertiary/aromatic N) is 2. The summed E-state index contributed by atoms with van der Waals surface area (Å²) in [5, 5.41) is 3.30. The highest BCUT2D eigenvalue weighted by Crippen LogP contribution is 2.35. The van der Waals surface area contributed by atoms with Crippen molar-refractivity contribution < 1.29 is 18.8 Å². The first-order valence-corrected chi connectivity index (χ1v) is 11.4. The Kier molecular flexibility index (Phi) is 6.18. The number of likely N-dealkylation sites (N-methyl/N-ethyl adjacent to an activating group) is 1. The molecule has 0 radical (unpaired) electrons. The fourth-order valence-corrected chi connectivity index (χ4v) is 4.76. The van der Waals surface area contributed by atoms with Gasteiger partial charge in [-0.05, 0) is 49.6 Å². The lowest BCUT2D eigenvalue weighted by atomic mass is 9.96. The van der Waals surface area contributed by atoms with Gasteiger partial charge >= 0.3 is 0 Å². The molecule has 2 aromatic carbocycles. The van der Waals surface area contributed by atoms with Crippen LogP contribution in [0.2, 0.25) is 5.02 Å². The highest BCUT2D eigenvalue weighted by atomic mass is 35.5. The highest BCUT2D eigenvalue weighted by Gasteiger charge is 2.41. The van der Waals surface area contributed by atoms with Crippen LogP contribution in [0.4, 0.5) is 10.1 Å². The molecule has 0 bridgehead atoms. The van der Waals surface area contributed by atoms with E-state index in [2.05, 4.69) is 5.32 Å². The SMILES string of the molecule is CN(CC[C@H]1C(=O)Nc2ccccc21)C(=O)[C@H](CC(C)(C)F)N1Cc2ccc(Cl)cc2C1=O. The van der Waals surface area contributed by atoms with E-state index in [0.29, 0.717) is 23.6 Å². The van der Waals surface area contributed by atoms with Crippen LogP contribution in [0.15, 0.2) is 42.5 Å². The third-order valence-corrected chi connectivity index (χ3v) is 6.52. The second kappa shape index (κ2) is 8.78. The molecule has 33 heavy (non-hydrogen) atoms. The fourth-order valence-electron chi connectivity index (χ4n) is 4.59. The highest BCUT2D eigenvalue weighted by molar-refractivity contribution is 6.31. The Morgan fingerprint density at radius 2 is 2.00 bits per heavy atom. The quantitative estimate of drug-likeness (QED) is 0.651. The average molecular weight is 472 g/mol. The Labute approximate surface area is 197 Å². The molecule has 8 heteroatoms. The largest absolute Gasteiger partial charge is 0.344 e. The van der Waals surface area contributed by atoms with Gasteiger partial charge in [-0.2, -0.15) is 0 Å². The summed E-state index contributed by atoms with van der Waals surface area (Å²) in [6.07, 6.45) is 0.303. The molecule has 0 saturated carbocycles. The molecule has 174 valence electrons. The molecule has 0 saturated heterocycles. The van der Waals surface area contributed by atoms with Crippen LogP contribution < -0.4 is 5.32 Å². The third-order valence-electron chi connectivity index (χ3n) is 6.28. The molecule has 6 nitrogen and oxygen atoms in total. The van der Waals surface area contributed by atoms with Gasteiger partial charge in [-0.3, -0.25) is 14.4 Å². The fraction of sp³-hybridized carbons (Fsp3) is 0.400.